The lowest BCUT2D eigenvalue weighted by molar-refractivity contribution is 0.0939. The lowest BCUT2D eigenvalue weighted by Gasteiger charge is -2.19. The van der Waals surface area contributed by atoms with Crippen LogP contribution in [-0.4, -0.2) is 20.1 Å². The fourth-order valence-corrected chi connectivity index (χ4v) is 2.43. The van der Waals surface area contributed by atoms with Crippen LogP contribution in [0.4, 0.5) is 0 Å². The highest BCUT2D eigenvalue weighted by Gasteiger charge is 2.17. The molecule has 1 aromatic carbocycles. The highest BCUT2D eigenvalue weighted by atomic mass is 35.5. The number of aryl methyl sites for hydroxylation is 1. The Hall–Kier alpha value is -2.18. The van der Waals surface area contributed by atoms with Crippen LogP contribution in [0.5, 0.6) is 11.5 Å². The van der Waals surface area contributed by atoms with Gasteiger partial charge >= 0.3 is 0 Å². The molecule has 0 aliphatic heterocycles. The number of nitrogens with two attached hydrogens (primary N) is 1. The number of hydrogen-bond donors (Lipinski definition) is 2. The summed E-state index contributed by atoms with van der Waals surface area (Å²) in [5.41, 5.74) is 7.90. The van der Waals surface area contributed by atoms with E-state index in [2.05, 4.69) is 5.32 Å². The second kappa shape index (κ2) is 8.61. The van der Waals surface area contributed by atoms with E-state index in [4.69, 9.17) is 19.6 Å². The molecule has 2 rings (SSSR count). The summed E-state index contributed by atoms with van der Waals surface area (Å²) in [4.78, 5) is 12.3. The molecule has 1 unspecified atom stereocenters. The Morgan fingerprint density at radius 3 is 2.42 bits per heavy atom. The van der Waals surface area contributed by atoms with Crippen molar-refractivity contribution in [2.45, 2.75) is 26.4 Å². The Morgan fingerprint density at radius 1 is 1.25 bits per heavy atom. The van der Waals surface area contributed by atoms with Crippen molar-refractivity contribution >= 4 is 18.3 Å². The Morgan fingerprint density at radius 2 is 1.88 bits per heavy atom. The third-order valence-corrected chi connectivity index (χ3v) is 3.70. The van der Waals surface area contributed by atoms with Crippen LogP contribution in [0.15, 0.2) is 28.9 Å². The number of nitrogens with one attached hydrogen (secondary N) is 1. The lowest BCUT2D eigenvalue weighted by Crippen LogP contribution is -2.26. The first-order valence-corrected chi connectivity index (χ1v) is 7.31. The van der Waals surface area contributed by atoms with E-state index in [0.29, 0.717) is 22.8 Å². The Balaban J connectivity index is 0.00000288. The third kappa shape index (κ3) is 4.21. The first-order valence-electron chi connectivity index (χ1n) is 7.31. The summed E-state index contributed by atoms with van der Waals surface area (Å²) in [6.45, 7) is 4.14. The Labute approximate surface area is 147 Å². The summed E-state index contributed by atoms with van der Waals surface area (Å²) in [5.74, 6) is 1.65. The van der Waals surface area contributed by atoms with Crippen molar-refractivity contribution in [2.24, 2.45) is 5.73 Å². The zero-order chi connectivity index (χ0) is 17.0. The zero-order valence-corrected chi connectivity index (χ0v) is 15.0. The highest BCUT2D eigenvalue weighted by Crippen LogP contribution is 2.32. The van der Waals surface area contributed by atoms with Gasteiger partial charge < -0.3 is 24.9 Å². The molecule has 7 heteroatoms. The number of benzene rings is 1. The molecule has 6 nitrogen and oxygen atoms in total. The second-order valence-corrected chi connectivity index (χ2v) is 5.26. The topological polar surface area (TPSA) is 86.7 Å². The zero-order valence-electron chi connectivity index (χ0n) is 14.2. The van der Waals surface area contributed by atoms with Crippen molar-refractivity contribution in [3.05, 3.63) is 46.9 Å². The van der Waals surface area contributed by atoms with Gasteiger partial charge in [-0.2, -0.15) is 0 Å². The number of carbonyl (C=O) groups excluding carboxylic acids is 1. The maximum atomic E-state index is 12.3. The molecular formula is C17H23ClN2O4. The van der Waals surface area contributed by atoms with Crippen LogP contribution in [0.3, 0.4) is 0 Å². The summed E-state index contributed by atoms with van der Waals surface area (Å²) >= 11 is 0. The minimum Gasteiger partial charge on any atom is -0.493 e. The smallest absolute Gasteiger partial charge is 0.255 e. The van der Waals surface area contributed by atoms with Crippen molar-refractivity contribution in [3.8, 4) is 11.5 Å². The lowest BCUT2D eigenvalue weighted by atomic mass is 10.0. The van der Waals surface area contributed by atoms with E-state index in [1.54, 1.807) is 20.3 Å². The van der Waals surface area contributed by atoms with Gasteiger partial charge in [-0.3, -0.25) is 4.79 Å². The van der Waals surface area contributed by atoms with Crippen LogP contribution in [0.2, 0.25) is 0 Å². The summed E-state index contributed by atoms with van der Waals surface area (Å²) in [7, 11) is 3.18. The summed E-state index contributed by atoms with van der Waals surface area (Å²) < 4.78 is 15.8. The van der Waals surface area contributed by atoms with Crippen LogP contribution in [0.1, 0.15) is 40.2 Å². The van der Waals surface area contributed by atoms with Crippen LogP contribution in [-0.2, 0) is 6.54 Å². The Bertz CT molecular complexity index is 700. The van der Waals surface area contributed by atoms with Gasteiger partial charge in [-0.1, -0.05) is 0 Å². The number of rotatable bonds is 6. The van der Waals surface area contributed by atoms with Crippen molar-refractivity contribution < 1.29 is 18.7 Å². The van der Waals surface area contributed by atoms with Crippen LogP contribution in [0.25, 0.3) is 0 Å². The molecule has 0 bridgehead atoms. The van der Waals surface area contributed by atoms with Gasteiger partial charge in [0.15, 0.2) is 11.5 Å². The van der Waals surface area contributed by atoms with Gasteiger partial charge in [-0.25, -0.2) is 0 Å². The molecule has 0 saturated heterocycles. The average molecular weight is 355 g/mol. The summed E-state index contributed by atoms with van der Waals surface area (Å²) in [5, 5.41) is 2.94. The summed E-state index contributed by atoms with van der Waals surface area (Å²) in [6.07, 6.45) is 1.41. The average Bonchev–Trinajstić information content (AvgIpc) is 3.03. The van der Waals surface area contributed by atoms with Gasteiger partial charge in [-0.05, 0) is 43.2 Å². The van der Waals surface area contributed by atoms with E-state index in [-0.39, 0.29) is 30.9 Å². The van der Waals surface area contributed by atoms with Gasteiger partial charge in [0.05, 0.1) is 32.4 Å². The molecule has 0 aliphatic rings. The Kier molecular flexibility index (Phi) is 7.13. The number of ether oxygens (including phenoxy) is 2. The SMILES string of the molecule is COc1cc(C)c(C(C)NC(=O)c2coc(CN)c2)cc1OC.Cl. The van der Waals surface area contributed by atoms with Crippen molar-refractivity contribution in [1.82, 2.24) is 5.32 Å². The standard InChI is InChI=1S/C17H22N2O4.ClH/c1-10-5-15(21-3)16(22-4)7-14(10)11(2)19-17(20)12-6-13(8-18)23-9-12;/h5-7,9,11H,8,18H2,1-4H3,(H,19,20);1H. The quantitative estimate of drug-likeness (QED) is 0.832. The van der Waals surface area contributed by atoms with Gasteiger partial charge in [0.25, 0.3) is 5.91 Å². The number of methoxy groups -OCH3 is 2. The maximum absolute atomic E-state index is 12.3. The minimum absolute atomic E-state index is 0. The largest absolute Gasteiger partial charge is 0.493 e. The second-order valence-electron chi connectivity index (χ2n) is 5.26. The van der Waals surface area contributed by atoms with Gasteiger partial charge in [0, 0.05) is 0 Å². The van der Waals surface area contributed by atoms with E-state index >= 15 is 0 Å². The van der Waals surface area contributed by atoms with Crippen molar-refractivity contribution in [3.63, 3.8) is 0 Å². The highest BCUT2D eigenvalue weighted by molar-refractivity contribution is 5.94. The number of carbonyl (C=O) groups is 1. The van der Waals surface area contributed by atoms with Crippen LogP contribution >= 0.6 is 12.4 Å². The van der Waals surface area contributed by atoms with Gasteiger partial charge in [0.1, 0.15) is 12.0 Å². The molecular weight excluding hydrogens is 332 g/mol. The van der Waals surface area contributed by atoms with E-state index in [0.717, 1.165) is 11.1 Å². The van der Waals surface area contributed by atoms with E-state index in [1.807, 2.05) is 26.0 Å². The third-order valence-electron chi connectivity index (χ3n) is 3.70. The number of halogens is 1. The molecule has 2 aromatic rings. The van der Waals surface area contributed by atoms with E-state index in [1.165, 1.54) is 6.26 Å². The fraction of sp³-hybridized carbons (Fsp3) is 0.353. The normalized spacial score (nSPS) is 11.4. The molecule has 1 heterocycles. The van der Waals surface area contributed by atoms with Crippen LogP contribution < -0.4 is 20.5 Å². The first-order chi connectivity index (χ1) is 11.0. The first kappa shape index (κ1) is 19.9. The molecule has 1 atom stereocenters. The van der Waals surface area contributed by atoms with Gasteiger partial charge in [0.2, 0.25) is 0 Å². The molecule has 0 spiro atoms. The number of amides is 1. The monoisotopic (exact) mass is 354 g/mol. The number of hydrogen-bond acceptors (Lipinski definition) is 5. The maximum Gasteiger partial charge on any atom is 0.255 e. The molecule has 24 heavy (non-hydrogen) atoms. The van der Waals surface area contributed by atoms with Crippen LogP contribution in [0, 0.1) is 6.92 Å². The molecule has 0 radical (unpaired) electrons. The molecule has 3 N–H and O–H groups in total. The molecule has 1 aromatic heterocycles. The predicted octanol–water partition coefficient (Wildman–Crippen LogP) is 2.98. The predicted molar refractivity (Wildman–Crippen MR) is 94.0 cm³/mol. The van der Waals surface area contributed by atoms with Crippen molar-refractivity contribution in [2.75, 3.05) is 14.2 Å². The minimum atomic E-state index is -0.213. The fourth-order valence-electron chi connectivity index (χ4n) is 2.43. The van der Waals surface area contributed by atoms with Gasteiger partial charge in [-0.15, -0.1) is 12.4 Å². The van der Waals surface area contributed by atoms with E-state index in [9.17, 15) is 4.79 Å². The summed E-state index contributed by atoms with van der Waals surface area (Å²) in [6, 6.07) is 5.21. The molecule has 1 amide bonds. The molecule has 132 valence electrons. The van der Waals surface area contributed by atoms with Crippen molar-refractivity contribution in [1.29, 1.82) is 0 Å². The molecule has 0 aliphatic carbocycles. The molecule has 0 saturated carbocycles. The molecule has 0 fully saturated rings. The number of furan rings is 1. The van der Waals surface area contributed by atoms with E-state index < -0.39 is 0 Å².